The summed E-state index contributed by atoms with van der Waals surface area (Å²) in [6.45, 7) is 7.18. The molecule has 4 N–H and O–H groups in total. The first-order valence-electron chi connectivity index (χ1n) is 4.83. The number of carbonyl (C=O) groups excluding carboxylic acids is 1. The molecule has 0 spiro atoms. The topological polar surface area (TPSA) is 92.4 Å². The minimum Gasteiger partial charge on any atom is -0.481 e. The van der Waals surface area contributed by atoms with E-state index in [0.717, 1.165) is 0 Å². The summed E-state index contributed by atoms with van der Waals surface area (Å²) in [5, 5.41) is 11.9. The molecule has 88 valence electrons. The van der Waals surface area contributed by atoms with E-state index >= 15 is 0 Å². The lowest BCUT2D eigenvalue weighted by molar-refractivity contribution is -0.146. The first-order valence-corrected chi connectivity index (χ1v) is 4.83. The number of rotatable bonds is 6. The molecule has 0 fully saturated rings. The maximum atomic E-state index is 10.8. The van der Waals surface area contributed by atoms with Crippen molar-refractivity contribution in [2.45, 2.75) is 39.7 Å². The quantitative estimate of drug-likeness (QED) is 0.597. The van der Waals surface area contributed by atoms with Crippen molar-refractivity contribution in [2.75, 3.05) is 6.54 Å². The molecule has 0 aromatic heterocycles. The highest BCUT2D eigenvalue weighted by Crippen LogP contribution is 2.16. The number of primary amides is 1. The summed E-state index contributed by atoms with van der Waals surface area (Å²) in [5.74, 6) is -1.27. The van der Waals surface area contributed by atoms with Crippen LogP contribution in [-0.2, 0) is 9.59 Å². The Hall–Kier alpha value is -1.10. The van der Waals surface area contributed by atoms with Gasteiger partial charge >= 0.3 is 5.97 Å². The summed E-state index contributed by atoms with van der Waals surface area (Å²) in [4.78, 5) is 21.6. The number of nitrogens with two attached hydrogens (primary N) is 1. The minimum absolute atomic E-state index is 0.183. The average Bonchev–Trinajstić information content (AvgIpc) is 1.98. The summed E-state index contributed by atoms with van der Waals surface area (Å²) < 4.78 is 0. The van der Waals surface area contributed by atoms with Crippen LogP contribution in [0.5, 0.6) is 0 Å². The van der Waals surface area contributed by atoms with E-state index in [9.17, 15) is 9.59 Å². The van der Waals surface area contributed by atoms with E-state index in [1.165, 1.54) is 0 Å². The fourth-order valence-corrected chi connectivity index (χ4v) is 1.03. The van der Waals surface area contributed by atoms with Crippen LogP contribution in [0.2, 0.25) is 0 Å². The third kappa shape index (κ3) is 5.37. The molecule has 5 nitrogen and oxygen atoms in total. The van der Waals surface area contributed by atoms with Crippen LogP contribution in [-0.4, -0.2) is 29.1 Å². The van der Waals surface area contributed by atoms with Crippen molar-refractivity contribution in [1.82, 2.24) is 5.32 Å². The zero-order valence-corrected chi connectivity index (χ0v) is 9.76. The predicted octanol–water partition coefficient (Wildman–Crippen LogP) is 0.341. The molecule has 0 unspecified atom stereocenters. The third-order valence-corrected chi connectivity index (χ3v) is 2.20. The Labute approximate surface area is 90.0 Å². The number of hydrogen-bond donors (Lipinski definition) is 3. The van der Waals surface area contributed by atoms with Crippen molar-refractivity contribution in [1.29, 1.82) is 0 Å². The van der Waals surface area contributed by atoms with Crippen molar-refractivity contribution in [3.05, 3.63) is 0 Å². The van der Waals surface area contributed by atoms with Gasteiger partial charge in [0.15, 0.2) is 0 Å². The van der Waals surface area contributed by atoms with Crippen LogP contribution in [0, 0.1) is 5.41 Å². The smallest absolute Gasteiger partial charge is 0.310 e. The van der Waals surface area contributed by atoms with Gasteiger partial charge in [-0.05, 0) is 27.7 Å². The van der Waals surface area contributed by atoms with Crippen LogP contribution in [0.4, 0.5) is 0 Å². The number of aliphatic carboxylic acids is 1. The molecule has 0 radical (unpaired) electrons. The number of nitrogens with one attached hydrogen (secondary N) is 1. The predicted molar refractivity (Wildman–Crippen MR) is 57.3 cm³/mol. The van der Waals surface area contributed by atoms with E-state index in [-0.39, 0.29) is 6.42 Å². The summed E-state index contributed by atoms with van der Waals surface area (Å²) in [6, 6.07) is 0. The van der Waals surface area contributed by atoms with Crippen molar-refractivity contribution in [2.24, 2.45) is 11.1 Å². The lowest BCUT2D eigenvalue weighted by Gasteiger charge is -2.29. The lowest BCUT2D eigenvalue weighted by Crippen LogP contribution is -2.48. The molecule has 0 bridgehead atoms. The fourth-order valence-electron chi connectivity index (χ4n) is 1.03. The molecule has 0 aliphatic carbocycles. The molecule has 0 aliphatic rings. The number of amides is 1. The molecular weight excluding hydrogens is 196 g/mol. The maximum absolute atomic E-state index is 10.8. The Morgan fingerprint density at radius 3 is 2.07 bits per heavy atom. The normalized spacial score (nSPS) is 12.5. The molecule has 15 heavy (non-hydrogen) atoms. The van der Waals surface area contributed by atoms with Gasteiger partial charge in [0, 0.05) is 18.5 Å². The summed E-state index contributed by atoms with van der Waals surface area (Å²) >= 11 is 0. The van der Waals surface area contributed by atoms with Crippen LogP contribution in [0.25, 0.3) is 0 Å². The van der Waals surface area contributed by atoms with Crippen molar-refractivity contribution in [3.63, 3.8) is 0 Å². The molecule has 0 saturated carbocycles. The van der Waals surface area contributed by atoms with Gasteiger partial charge in [0.25, 0.3) is 0 Å². The number of carboxylic acid groups (broad SMARTS) is 1. The van der Waals surface area contributed by atoms with Crippen molar-refractivity contribution >= 4 is 11.9 Å². The zero-order chi connectivity index (χ0) is 12.3. The van der Waals surface area contributed by atoms with Gasteiger partial charge in [-0.25, -0.2) is 0 Å². The Bertz CT molecular complexity index is 259. The molecule has 5 heteroatoms. The Morgan fingerprint density at radius 1 is 1.27 bits per heavy atom. The van der Waals surface area contributed by atoms with E-state index < -0.39 is 22.8 Å². The fraction of sp³-hybridized carbons (Fsp3) is 0.800. The first-order chi connectivity index (χ1) is 6.57. The molecule has 0 rings (SSSR count). The van der Waals surface area contributed by atoms with Gasteiger partial charge in [-0.1, -0.05) is 0 Å². The average molecular weight is 216 g/mol. The second kappa shape index (κ2) is 4.61. The molecule has 0 heterocycles. The maximum Gasteiger partial charge on any atom is 0.310 e. The first kappa shape index (κ1) is 13.9. The summed E-state index contributed by atoms with van der Waals surface area (Å²) in [7, 11) is 0. The van der Waals surface area contributed by atoms with E-state index in [1.807, 2.05) is 13.8 Å². The Morgan fingerprint density at radius 2 is 1.73 bits per heavy atom. The molecule has 0 aromatic rings. The SMILES string of the molecule is CC(C)(CC(N)=O)NCC(C)(C)C(=O)O. The van der Waals surface area contributed by atoms with Gasteiger partial charge in [-0.2, -0.15) is 0 Å². The van der Waals surface area contributed by atoms with Gasteiger partial charge < -0.3 is 16.2 Å². The highest BCUT2D eigenvalue weighted by atomic mass is 16.4. The van der Waals surface area contributed by atoms with Crippen LogP contribution in [0.15, 0.2) is 0 Å². The Kier molecular flexibility index (Phi) is 4.27. The van der Waals surface area contributed by atoms with Gasteiger partial charge in [0.05, 0.1) is 5.41 Å². The molecule has 0 atom stereocenters. The second-order valence-electron chi connectivity index (χ2n) is 5.07. The Balaban J connectivity index is 4.25. The van der Waals surface area contributed by atoms with E-state index in [4.69, 9.17) is 10.8 Å². The van der Waals surface area contributed by atoms with Crippen molar-refractivity contribution < 1.29 is 14.7 Å². The molecular formula is C10H20N2O3. The largest absolute Gasteiger partial charge is 0.481 e. The van der Waals surface area contributed by atoms with E-state index in [0.29, 0.717) is 6.54 Å². The van der Waals surface area contributed by atoms with Crippen LogP contribution in [0.1, 0.15) is 34.1 Å². The van der Waals surface area contributed by atoms with Crippen LogP contribution in [0.3, 0.4) is 0 Å². The van der Waals surface area contributed by atoms with Gasteiger partial charge in [-0.3, -0.25) is 9.59 Å². The molecule has 1 amide bonds. The second-order valence-corrected chi connectivity index (χ2v) is 5.07. The van der Waals surface area contributed by atoms with E-state index in [2.05, 4.69) is 5.32 Å². The van der Waals surface area contributed by atoms with Crippen molar-refractivity contribution in [3.8, 4) is 0 Å². The minimum atomic E-state index is -0.870. The monoisotopic (exact) mass is 216 g/mol. The highest BCUT2D eigenvalue weighted by molar-refractivity contribution is 5.75. The van der Waals surface area contributed by atoms with Gasteiger partial charge in [-0.15, -0.1) is 0 Å². The number of carbonyl (C=O) groups is 2. The zero-order valence-electron chi connectivity index (χ0n) is 9.76. The molecule has 0 saturated heterocycles. The highest BCUT2D eigenvalue weighted by Gasteiger charge is 2.30. The number of hydrogen-bond acceptors (Lipinski definition) is 3. The lowest BCUT2D eigenvalue weighted by atomic mass is 9.91. The van der Waals surface area contributed by atoms with Crippen LogP contribution >= 0.6 is 0 Å². The third-order valence-electron chi connectivity index (χ3n) is 2.20. The summed E-state index contributed by atoms with van der Waals surface area (Å²) in [6.07, 6.45) is 0.183. The van der Waals surface area contributed by atoms with Gasteiger partial charge in [0.2, 0.25) is 5.91 Å². The van der Waals surface area contributed by atoms with E-state index in [1.54, 1.807) is 13.8 Å². The standard InChI is InChI=1S/C10H20N2O3/c1-9(2,8(14)15)6-12-10(3,4)5-7(11)13/h12H,5-6H2,1-4H3,(H2,11,13)(H,14,15). The summed E-state index contributed by atoms with van der Waals surface area (Å²) in [5.41, 5.74) is 3.76. The van der Waals surface area contributed by atoms with Crippen LogP contribution < -0.4 is 11.1 Å². The number of carboxylic acids is 1. The molecule has 0 aliphatic heterocycles. The molecule has 0 aromatic carbocycles. The van der Waals surface area contributed by atoms with Gasteiger partial charge in [0.1, 0.15) is 0 Å².